The van der Waals surface area contributed by atoms with Crippen LogP contribution in [0.1, 0.15) is 5.82 Å². The topological polar surface area (TPSA) is 54.0 Å². The fourth-order valence-corrected chi connectivity index (χ4v) is 0.839. The lowest BCUT2D eigenvalue weighted by Gasteiger charge is -2.13. The van der Waals surface area contributed by atoms with Gasteiger partial charge < -0.3 is 9.64 Å². The molecule has 0 fully saturated rings. The smallest absolute Gasteiger partial charge is 0.221 e. The van der Waals surface area contributed by atoms with Gasteiger partial charge in [-0.1, -0.05) is 0 Å². The lowest BCUT2D eigenvalue weighted by Crippen LogP contribution is -2.23. The van der Waals surface area contributed by atoms with Crippen LogP contribution in [0.5, 0.6) is 0 Å². The number of nitrogens with one attached hydrogen (secondary N) is 1. The molecule has 1 heterocycles. The maximum Gasteiger partial charge on any atom is 0.221 e. The highest BCUT2D eigenvalue weighted by Crippen LogP contribution is 2.02. The first-order chi connectivity index (χ1) is 5.74. The Morgan fingerprint density at radius 2 is 2.33 bits per heavy atom. The minimum Gasteiger partial charge on any atom is -0.383 e. The Bertz CT molecular complexity index is 235. The molecule has 0 atom stereocenters. The van der Waals surface area contributed by atoms with E-state index in [0.29, 0.717) is 6.61 Å². The van der Waals surface area contributed by atoms with E-state index < -0.39 is 0 Å². The number of nitrogens with zero attached hydrogens (tertiary/aromatic N) is 3. The van der Waals surface area contributed by atoms with Crippen LogP contribution < -0.4 is 4.90 Å². The molecule has 0 bridgehead atoms. The van der Waals surface area contributed by atoms with Gasteiger partial charge in [0.2, 0.25) is 5.95 Å². The zero-order chi connectivity index (χ0) is 8.97. The minimum absolute atomic E-state index is 0.691. The molecule has 0 aliphatic carbocycles. The first-order valence-corrected chi connectivity index (χ1v) is 3.83. The summed E-state index contributed by atoms with van der Waals surface area (Å²) >= 11 is 0. The molecule has 68 valence electrons. The number of rotatable bonds is 4. The van der Waals surface area contributed by atoms with Gasteiger partial charge in [-0.05, 0) is 6.92 Å². The van der Waals surface area contributed by atoms with Gasteiger partial charge in [0.1, 0.15) is 5.82 Å². The van der Waals surface area contributed by atoms with Crippen molar-refractivity contribution in [1.82, 2.24) is 15.2 Å². The van der Waals surface area contributed by atoms with E-state index in [1.165, 1.54) is 0 Å². The Labute approximate surface area is 71.7 Å². The first kappa shape index (κ1) is 8.99. The number of hydrogen-bond donors (Lipinski definition) is 1. The second kappa shape index (κ2) is 4.06. The number of anilines is 1. The van der Waals surface area contributed by atoms with Crippen molar-refractivity contribution < 1.29 is 4.74 Å². The maximum atomic E-state index is 4.94. The van der Waals surface area contributed by atoms with Crippen LogP contribution in [0.25, 0.3) is 0 Å². The molecule has 5 nitrogen and oxygen atoms in total. The van der Waals surface area contributed by atoms with Crippen molar-refractivity contribution in [2.45, 2.75) is 6.92 Å². The van der Waals surface area contributed by atoms with E-state index in [0.717, 1.165) is 18.3 Å². The summed E-state index contributed by atoms with van der Waals surface area (Å²) in [4.78, 5) is 6.13. The Balaban J connectivity index is 2.47. The summed E-state index contributed by atoms with van der Waals surface area (Å²) < 4.78 is 4.94. The number of aryl methyl sites for hydroxylation is 1. The average molecular weight is 170 g/mol. The highest BCUT2D eigenvalue weighted by atomic mass is 16.5. The number of H-pyrrole nitrogens is 1. The monoisotopic (exact) mass is 170 g/mol. The third-order valence-electron chi connectivity index (χ3n) is 1.58. The Hall–Kier alpha value is -1.10. The molecule has 1 aromatic rings. The lowest BCUT2D eigenvalue weighted by molar-refractivity contribution is 0.206. The van der Waals surface area contributed by atoms with Gasteiger partial charge >= 0.3 is 0 Å². The summed E-state index contributed by atoms with van der Waals surface area (Å²) in [5.74, 6) is 1.54. The maximum absolute atomic E-state index is 4.94. The van der Waals surface area contributed by atoms with Crippen molar-refractivity contribution >= 4 is 5.95 Å². The van der Waals surface area contributed by atoms with Gasteiger partial charge in [0.25, 0.3) is 0 Å². The van der Waals surface area contributed by atoms with Crippen molar-refractivity contribution in [3.05, 3.63) is 5.82 Å². The van der Waals surface area contributed by atoms with E-state index in [-0.39, 0.29) is 0 Å². The number of ether oxygens (including phenoxy) is 1. The highest BCUT2D eigenvalue weighted by Gasteiger charge is 2.03. The standard InChI is InChI=1S/C7H14N4O/c1-6-8-7(10-9-6)11(2)4-5-12-3/h4-5H2,1-3H3,(H,8,9,10). The van der Waals surface area contributed by atoms with Gasteiger partial charge in [-0.25, -0.2) is 5.10 Å². The number of hydrogen-bond acceptors (Lipinski definition) is 4. The molecule has 12 heavy (non-hydrogen) atoms. The Morgan fingerprint density at radius 3 is 2.83 bits per heavy atom. The minimum atomic E-state index is 0.691. The predicted octanol–water partition coefficient (Wildman–Crippen LogP) is 0.196. The third kappa shape index (κ3) is 2.20. The van der Waals surface area contributed by atoms with Crippen LogP contribution in [0.4, 0.5) is 5.95 Å². The third-order valence-corrected chi connectivity index (χ3v) is 1.58. The molecule has 0 radical (unpaired) electrons. The van der Waals surface area contributed by atoms with E-state index in [1.54, 1.807) is 7.11 Å². The molecule has 0 aromatic carbocycles. The molecule has 0 spiro atoms. The normalized spacial score (nSPS) is 10.2. The molecule has 0 saturated heterocycles. The van der Waals surface area contributed by atoms with Crippen molar-refractivity contribution in [1.29, 1.82) is 0 Å². The van der Waals surface area contributed by atoms with E-state index in [1.807, 2.05) is 18.9 Å². The van der Waals surface area contributed by atoms with Crippen molar-refractivity contribution in [3.8, 4) is 0 Å². The number of aromatic nitrogens is 3. The summed E-state index contributed by atoms with van der Waals surface area (Å²) in [6.45, 7) is 3.35. The average Bonchev–Trinajstić information content (AvgIpc) is 2.47. The van der Waals surface area contributed by atoms with Gasteiger partial charge in [-0.15, -0.1) is 0 Å². The highest BCUT2D eigenvalue weighted by molar-refractivity contribution is 5.26. The quantitative estimate of drug-likeness (QED) is 0.701. The van der Waals surface area contributed by atoms with E-state index in [2.05, 4.69) is 15.2 Å². The summed E-state index contributed by atoms with van der Waals surface area (Å²) in [6, 6.07) is 0. The zero-order valence-electron chi connectivity index (χ0n) is 7.66. The summed E-state index contributed by atoms with van der Waals surface area (Å²) in [5.41, 5.74) is 0. The number of likely N-dealkylation sites (N-methyl/N-ethyl adjacent to an activating group) is 1. The number of methoxy groups -OCH3 is 1. The van der Waals surface area contributed by atoms with Crippen LogP contribution in [-0.4, -0.2) is 42.5 Å². The van der Waals surface area contributed by atoms with E-state index in [9.17, 15) is 0 Å². The van der Waals surface area contributed by atoms with Gasteiger partial charge in [0, 0.05) is 20.7 Å². The van der Waals surface area contributed by atoms with Crippen LogP contribution >= 0.6 is 0 Å². The Morgan fingerprint density at radius 1 is 1.58 bits per heavy atom. The SMILES string of the molecule is COCCN(C)c1nc(C)n[nH]1. The van der Waals surface area contributed by atoms with E-state index in [4.69, 9.17) is 4.74 Å². The first-order valence-electron chi connectivity index (χ1n) is 3.83. The molecule has 0 aliphatic rings. The molecular formula is C7H14N4O. The van der Waals surface area contributed by atoms with Crippen molar-refractivity contribution in [2.24, 2.45) is 0 Å². The van der Waals surface area contributed by atoms with Crippen LogP contribution in [0.3, 0.4) is 0 Å². The molecule has 0 aliphatic heterocycles. The lowest BCUT2D eigenvalue weighted by atomic mass is 10.6. The largest absolute Gasteiger partial charge is 0.383 e. The fraction of sp³-hybridized carbons (Fsp3) is 0.714. The van der Waals surface area contributed by atoms with Gasteiger partial charge in [-0.2, -0.15) is 10.1 Å². The summed E-state index contributed by atoms with van der Waals surface area (Å²) in [7, 11) is 3.62. The van der Waals surface area contributed by atoms with Gasteiger partial charge in [-0.3, -0.25) is 0 Å². The summed E-state index contributed by atoms with van der Waals surface area (Å²) in [6.07, 6.45) is 0. The molecular weight excluding hydrogens is 156 g/mol. The van der Waals surface area contributed by atoms with Crippen LogP contribution in [0.2, 0.25) is 0 Å². The van der Waals surface area contributed by atoms with Gasteiger partial charge in [0.05, 0.1) is 6.61 Å². The van der Waals surface area contributed by atoms with Gasteiger partial charge in [0.15, 0.2) is 0 Å². The second-order valence-electron chi connectivity index (χ2n) is 2.62. The van der Waals surface area contributed by atoms with Crippen molar-refractivity contribution in [2.75, 3.05) is 32.2 Å². The van der Waals surface area contributed by atoms with Crippen LogP contribution in [-0.2, 0) is 4.74 Å². The number of aromatic amines is 1. The van der Waals surface area contributed by atoms with E-state index >= 15 is 0 Å². The predicted molar refractivity (Wildman–Crippen MR) is 46.3 cm³/mol. The van der Waals surface area contributed by atoms with Crippen LogP contribution in [0, 0.1) is 6.92 Å². The van der Waals surface area contributed by atoms with Crippen molar-refractivity contribution in [3.63, 3.8) is 0 Å². The molecule has 1 N–H and O–H groups in total. The molecule has 1 aromatic heterocycles. The Kier molecular flexibility index (Phi) is 3.04. The molecule has 1 rings (SSSR count). The fourth-order valence-electron chi connectivity index (χ4n) is 0.839. The molecule has 5 heteroatoms. The zero-order valence-corrected chi connectivity index (χ0v) is 7.66. The molecule has 0 unspecified atom stereocenters. The molecule has 0 amide bonds. The summed E-state index contributed by atoms with van der Waals surface area (Å²) in [5, 5.41) is 6.75. The van der Waals surface area contributed by atoms with Crippen LogP contribution in [0.15, 0.2) is 0 Å². The second-order valence-corrected chi connectivity index (χ2v) is 2.62. The molecule has 0 saturated carbocycles.